The van der Waals surface area contributed by atoms with Gasteiger partial charge in [0, 0.05) is 31.2 Å². The molecule has 1 aliphatic heterocycles. The van der Waals surface area contributed by atoms with E-state index >= 15 is 0 Å². The molecule has 35 heavy (non-hydrogen) atoms. The molecule has 1 fully saturated rings. The Hall–Kier alpha value is -2.96. The maximum Gasteiger partial charge on any atom is 0.262 e. The van der Waals surface area contributed by atoms with E-state index in [1.807, 2.05) is 30.3 Å². The molecule has 5 atom stereocenters. The van der Waals surface area contributed by atoms with Gasteiger partial charge in [-0.3, -0.25) is 4.79 Å². The largest absolute Gasteiger partial charge is 0.390 e. The molecule has 1 aliphatic rings. The quantitative estimate of drug-likeness (QED) is 0.320. The van der Waals surface area contributed by atoms with E-state index in [0.717, 1.165) is 36.7 Å². The third kappa shape index (κ3) is 6.38. The highest BCUT2D eigenvalue weighted by molar-refractivity contribution is 6.02. The Morgan fingerprint density at radius 2 is 1.74 bits per heavy atom. The van der Waals surface area contributed by atoms with Crippen molar-refractivity contribution in [2.45, 2.75) is 58.2 Å². The van der Waals surface area contributed by atoms with E-state index in [1.165, 1.54) is 11.8 Å². The van der Waals surface area contributed by atoms with Crippen LogP contribution in [0, 0.1) is 17.2 Å². The number of fused-ring (bicyclic) bond motifs is 1. The summed E-state index contributed by atoms with van der Waals surface area (Å²) in [6, 6.07) is 14.0. The van der Waals surface area contributed by atoms with Gasteiger partial charge in [-0.25, -0.2) is 0 Å². The zero-order valence-electron chi connectivity index (χ0n) is 20.5. The number of carbonyl (C=O) groups is 1. The SMILES string of the molecule is CCCN(CCC)c1ccc2cc(/C=C(\C#N)C(=O)NC[C@H]3OC(O)[C@H](C)[C@@H](O)[C@@H]3O)ccc2c1. The zero-order valence-corrected chi connectivity index (χ0v) is 20.5. The minimum atomic E-state index is -1.26. The van der Waals surface area contributed by atoms with Gasteiger partial charge in [-0.2, -0.15) is 5.26 Å². The van der Waals surface area contributed by atoms with Crippen LogP contribution in [0.3, 0.4) is 0 Å². The topological polar surface area (TPSA) is 126 Å². The van der Waals surface area contributed by atoms with Gasteiger partial charge in [0.05, 0.1) is 6.10 Å². The van der Waals surface area contributed by atoms with Crippen molar-refractivity contribution in [3.8, 4) is 6.07 Å². The Kier molecular flexibility index (Phi) is 9.24. The van der Waals surface area contributed by atoms with Gasteiger partial charge >= 0.3 is 0 Å². The number of anilines is 1. The van der Waals surface area contributed by atoms with Crippen molar-refractivity contribution in [1.29, 1.82) is 5.26 Å². The molecule has 0 aromatic heterocycles. The van der Waals surface area contributed by atoms with Crippen LogP contribution in [0.2, 0.25) is 0 Å². The Morgan fingerprint density at radius 1 is 1.09 bits per heavy atom. The van der Waals surface area contributed by atoms with Crippen LogP contribution in [0.15, 0.2) is 42.0 Å². The number of hydrogen-bond donors (Lipinski definition) is 4. The summed E-state index contributed by atoms with van der Waals surface area (Å²) in [5, 5.41) is 44.2. The number of amides is 1. The van der Waals surface area contributed by atoms with Gasteiger partial charge in [-0.05, 0) is 53.5 Å². The second kappa shape index (κ2) is 12.1. The van der Waals surface area contributed by atoms with Crippen LogP contribution >= 0.6 is 0 Å². The molecule has 0 spiro atoms. The summed E-state index contributed by atoms with van der Waals surface area (Å²) in [4.78, 5) is 15.0. The number of ether oxygens (including phenoxy) is 1. The molecule has 0 bridgehead atoms. The third-order valence-corrected chi connectivity index (χ3v) is 6.37. The van der Waals surface area contributed by atoms with E-state index in [-0.39, 0.29) is 12.1 Å². The van der Waals surface area contributed by atoms with E-state index < -0.39 is 36.4 Å². The minimum Gasteiger partial charge on any atom is -0.390 e. The summed E-state index contributed by atoms with van der Waals surface area (Å²) < 4.78 is 5.29. The van der Waals surface area contributed by atoms with Gasteiger partial charge in [-0.1, -0.05) is 39.0 Å². The molecule has 1 saturated heterocycles. The predicted molar refractivity (Wildman–Crippen MR) is 135 cm³/mol. The summed E-state index contributed by atoms with van der Waals surface area (Å²) in [5.41, 5.74) is 1.79. The van der Waals surface area contributed by atoms with E-state index in [1.54, 1.807) is 6.92 Å². The van der Waals surface area contributed by atoms with Crippen molar-refractivity contribution in [1.82, 2.24) is 5.32 Å². The fourth-order valence-corrected chi connectivity index (χ4v) is 4.30. The first kappa shape index (κ1) is 26.6. The minimum absolute atomic E-state index is 0.0993. The Bertz CT molecular complexity index is 1090. The lowest BCUT2D eigenvalue weighted by molar-refractivity contribution is -0.258. The maximum atomic E-state index is 12.6. The summed E-state index contributed by atoms with van der Waals surface area (Å²) in [5.74, 6) is -1.28. The zero-order chi connectivity index (χ0) is 25.5. The van der Waals surface area contributed by atoms with Crippen LogP contribution in [-0.4, -0.2) is 65.5 Å². The number of nitrogens with zero attached hydrogens (tertiary/aromatic N) is 2. The fraction of sp³-hybridized carbons (Fsp3) is 0.481. The number of nitrogens with one attached hydrogen (secondary N) is 1. The van der Waals surface area contributed by atoms with Gasteiger partial charge in [-0.15, -0.1) is 0 Å². The van der Waals surface area contributed by atoms with Crippen LogP contribution < -0.4 is 10.2 Å². The molecule has 8 nitrogen and oxygen atoms in total. The van der Waals surface area contributed by atoms with Crippen LogP contribution in [0.25, 0.3) is 16.8 Å². The van der Waals surface area contributed by atoms with Crippen molar-refractivity contribution in [2.24, 2.45) is 5.92 Å². The van der Waals surface area contributed by atoms with Crippen LogP contribution in [0.5, 0.6) is 0 Å². The molecule has 8 heteroatoms. The first-order valence-corrected chi connectivity index (χ1v) is 12.2. The van der Waals surface area contributed by atoms with Crippen molar-refractivity contribution in [3.05, 3.63) is 47.5 Å². The number of benzene rings is 2. The third-order valence-electron chi connectivity index (χ3n) is 6.37. The molecule has 2 aromatic rings. The molecule has 2 aromatic carbocycles. The molecule has 3 rings (SSSR count). The predicted octanol–water partition coefficient (Wildman–Crippen LogP) is 2.56. The molecule has 1 unspecified atom stereocenters. The first-order valence-electron chi connectivity index (χ1n) is 12.2. The van der Waals surface area contributed by atoms with Gasteiger partial charge in [0.2, 0.25) is 0 Å². The van der Waals surface area contributed by atoms with E-state index in [2.05, 4.69) is 36.2 Å². The summed E-state index contributed by atoms with van der Waals surface area (Å²) in [6.07, 6.45) is -1.03. The van der Waals surface area contributed by atoms with Gasteiger partial charge in [0.1, 0.15) is 23.9 Å². The van der Waals surface area contributed by atoms with Crippen LogP contribution in [-0.2, 0) is 9.53 Å². The number of carbonyl (C=O) groups excluding carboxylic acids is 1. The number of hydrogen-bond acceptors (Lipinski definition) is 7. The normalized spacial score (nSPS) is 24.7. The summed E-state index contributed by atoms with van der Waals surface area (Å²) in [6.45, 7) is 7.74. The molecule has 1 amide bonds. The fourth-order valence-electron chi connectivity index (χ4n) is 4.30. The lowest BCUT2D eigenvalue weighted by Crippen LogP contribution is -2.56. The van der Waals surface area contributed by atoms with Crippen molar-refractivity contribution in [2.75, 3.05) is 24.5 Å². The van der Waals surface area contributed by atoms with Gasteiger partial charge in [0.15, 0.2) is 6.29 Å². The smallest absolute Gasteiger partial charge is 0.262 e. The molecular formula is C27H35N3O5. The van der Waals surface area contributed by atoms with Crippen molar-refractivity contribution >= 4 is 28.4 Å². The second-order valence-electron chi connectivity index (χ2n) is 9.06. The first-order chi connectivity index (χ1) is 16.8. The molecule has 0 aliphatic carbocycles. The average Bonchev–Trinajstić information content (AvgIpc) is 2.86. The number of nitriles is 1. The van der Waals surface area contributed by atoms with Gasteiger partial charge in [0.25, 0.3) is 5.91 Å². The van der Waals surface area contributed by atoms with Crippen molar-refractivity contribution < 1.29 is 24.9 Å². The maximum absolute atomic E-state index is 12.6. The standard InChI is InChI=1S/C27H35N3O5/c1-4-10-30(11-5-2)22-9-8-19-12-18(6-7-20(19)14-22)13-21(15-28)26(33)29-16-23-25(32)24(31)17(3)27(34)35-23/h6-9,12-14,17,23-25,27,31-32,34H,4-5,10-11,16H2,1-3H3,(H,29,33)/b21-13+/t17-,23-,24-,25-,27?/m1/s1. The lowest BCUT2D eigenvalue weighted by Gasteiger charge is -2.39. The highest BCUT2D eigenvalue weighted by atomic mass is 16.6. The molecule has 0 saturated carbocycles. The summed E-state index contributed by atoms with van der Waals surface area (Å²) >= 11 is 0. The highest BCUT2D eigenvalue weighted by Crippen LogP contribution is 2.26. The molecule has 188 valence electrons. The number of aliphatic hydroxyl groups is 3. The number of rotatable bonds is 9. The number of aliphatic hydroxyl groups excluding tert-OH is 3. The molecule has 1 heterocycles. The van der Waals surface area contributed by atoms with Crippen molar-refractivity contribution in [3.63, 3.8) is 0 Å². The Balaban J connectivity index is 1.72. The summed E-state index contributed by atoms with van der Waals surface area (Å²) in [7, 11) is 0. The lowest BCUT2D eigenvalue weighted by atomic mass is 9.92. The average molecular weight is 482 g/mol. The second-order valence-corrected chi connectivity index (χ2v) is 9.06. The van der Waals surface area contributed by atoms with Crippen LogP contribution in [0.1, 0.15) is 39.2 Å². The van der Waals surface area contributed by atoms with E-state index in [0.29, 0.717) is 5.56 Å². The Labute approximate surface area is 206 Å². The molecule has 0 radical (unpaired) electrons. The van der Waals surface area contributed by atoms with Crippen LogP contribution in [0.4, 0.5) is 5.69 Å². The van der Waals surface area contributed by atoms with E-state index in [9.17, 15) is 25.4 Å². The van der Waals surface area contributed by atoms with E-state index in [4.69, 9.17) is 4.74 Å². The molecule has 4 N–H and O–H groups in total. The monoisotopic (exact) mass is 481 g/mol. The van der Waals surface area contributed by atoms with Gasteiger partial charge < -0.3 is 30.3 Å². The molecular weight excluding hydrogens is 446 g/mol. The Morgan fingerprint density at radius 3 is 2.40 bits per heavy atom. The highest BCUT2D eigenvalue weighted by Gasteiger charge is 2.41.